The molecular weight excluding hydrogens is 302 g/mol. The number of likely N-dealkylation sites (tertiary alicyclic amines) is 1. The fourth-order valence-corrected chi connectivity index (χ4v) is 4.67. The Morgan fingerprint density at radius 3 is 2.29 bits per heavy atom. The summed E-state index contributed by atoms with van der Waals surface area (Å²) < 4.78 is 0. The molecule has 1 unspecified atom stereocenters. The van der Waals surface area contributed by atoms with Gasteiger partial charge < -0.3 is 15.1 Å². The van der Waals surface area contributed by atoms with Crippen molar-refractivity contribution in [1.29, 1.82) is 0 Å². The monoisotopic (exact) mass is 331 g/mol. The highest BCUT2D eigenvalue weighted by Crippen LogP contribution is 2.48. The van der Waals surface area contributed by atoms with E-state index in [1.807, 2.05) is 0 Å². The molecule has 1 aromatic carbocycles. The SMILES string of the molecule is CC(C)(O)[C@]1(C(=O)O)CCC(N2CCC(c3ccccc3)CC2)C1. The molecule has 1 aromatic rings. The van der Waals surface area contributed by atoms with E-state index in [4.69, 9.17) is 0 Å². The van der Waals surface area contributed by atoms with Crippen LogP contribution in [0, 0.1) is 5.41 Å². The third kappa shape index (κ3) is 3.09. The summed E-state index contributed by atoms with van der Waals surface area (Å²) in [7, 11) is 0. The van der Waals surface area contributed by atoms with Gasteiger partial charge in [-0.05, 0) is 70.5 Å². The Bertz CT molecular complexity index is 572. The maximum atomic E-state index is 11.9. The zero-order valence-electron chi connectivity index (χ0n) is 14.7. The number of hydrogen-bond donors (Lipinski definition) is 2. The molecule has 1 aliphatic carbocycles. The number of nitrogens with zero attached hydrogens (tertiary/aromatic N) is 1. The highest BCUT2D eigenvalue weighted by Gasteiger charge is 2.55. The molecule has 1 heterocycles. The van der Waals surface area contributed by atoms with Crippen LogP contribution in [-0.2, 0) is 4.79 Å². The topological polar surface area (TPSA) is 60.8 Å². The lowest BCUT2D eigenvalue weighted by molar-refractivity contribution is -0.165. The Morgan fingerprint density at radius 2 is 1.79 bits per heavy atom. The van der Waals surface area contributed by atoms with Gasteiger partial charge in [-0.15, -0.1) is 0 Å². The van der Waals surface area contributed by atoms with Gasteiger partial charge in [-0.2, -0.15) is 0 Å². The zero-order chi connectivity index (χ0) is 17.4. The highest BCUT2D eigenvalue weighted by molar-refractivity contribution is 5.76. The molecule has 2 N–H and O–H groups in total. The van der Waals surface area contributed by atoms with Gasteiger partial charge in [0.1, 0.15) is 0 Å². The minimum atomic E-state index is -1.18. The van der Waals surface area contributed by atoms with Gasteiger partial charge in [0.25, 0.3) is 0 Å². The summed E-state index contributed by atoms with van der Waals surface area (Å²) in [5.41, 5.74) is -0.774. The fourth-order valence-electron chi connectivity index (χ4n) is 4.67. The van der Waals surface area contributed by atoms with Crippen LogP contribution in [-0.4, -0.2) is 45.8 Å². The zero-order valence-corrected chi connectivity index (χ0v) is 14.7. The van der Waals surface area contributed by atoms with E-state index in [1.165, 1.54) is 5.56 Å². The number of aliphatic hydroxyl groups is 1. The van der Waals surface area contributed by atoms with E-state index in [0.717, 1.165) is 32.4 Å². The maximum absolute atomic E-state index is 11.9. The van der Waals surface area contributed by atoms with Crippen molar-refractivity contribution in [3.8, 4) is 0 Å². The van der Waals surface area contributed by atoms with Crippen LogP contribution >= 0.6 is 0 Å². The lowest BCUT2D eigenvalue weighted by Gasteiger charge is -2.39. The lowest BCUT2D eigenvalue weighted by Crippen LogP contribution is -2.49. The average molecular weight is 331 g/mol. The van der Waals surface area contributed by atoms with Crippen LogP contribution in [0.1, 0.15) is 57.4 Å². The number of aliphatic carboxylic acids is 1. The van der Waals surface area contributed by atoms with E-state index in [1.54, 1.807) is 13.8 Å². The molecule has 2 atom stereocenters. The maximum Gasteiger partial charge on any atom is 0.312 e. The molecule has 0 aromatic heterocycles. The van der Waals surface area contributed by atoms with Gasteiger partial charge in [-0.3, -0.25) is 4.79 Å². The van der Waals surface area contributed by atoms with Crippen molar-refractivity contribution in [2.24, 2.45) is 5.41 Å². The number of carboxylic acid groups (broad SMARTS) is 1. The molecule has 2 fully saturated rings. The predicted molar refractivity (Wildman–Crippen MR) is 94.0 cm³/mol. The minimum Gasteiger partial charge on any atom is -0.481 e. The molecule has 1 aliphatic heterocycles. The second kappa shape index (κ2) is 6.49. The first-order chi connectivity index (χ1) is 11.3. The van der Waals surface area contributed by atoms with E-state index >= 15 is 0 Å². The summed E-state index contributed by atoms with van der Waals surface area (Å²) in [6.07, 6.45) is 4.25. The summed E-state index contributed by atoms with van der Waals surface area (Å²) in [6.45, 7) is 5.33. The van der Waals surface area contributed by atoms with Gasteiger partial charge in [0.15, 0.2) is 0 Å². The largest absolute Gasteiger partial charge is 0.481 e. The average Bonchev–Trinajstić information content (AvgIpc) is 3.03. The lowest BCUT2D eigenvalue weighted by atomic mass is 9.72. The smallest absolute Gasteiger partial charge is 0.312 e. The van der Waals surface area contributed by atoms with Crippen LogP contribution in [0.3, 0.4) is 0 Å². The number of hydrogen-bond acceptors (Lipinski definition) is 3. The van der Waals surface area contributed by atoms with Crippen molar-refractivity contribution in [3.05, 3.63) is 35.9 Å². The second-order valence-corrected chi connectivity index (χ2v) is 8.06. The van der Waals surface area contributed by atoms with E-state index in [0.29, 0.717) is 18.8 Å². The molecule has 0 spiro atoms. The summed E-state index contributed by atoms with van der Waals surface area (Å²) in [5.74, 6) is -0.237. The van der Waals surface area contributed by atoms with Crippen LogP contribution in [0.5, 0.6) is 0 Å². The molecule has 2 aliphatic rings. The van der Waals surface area contributed by atoms with Crippen LogP contribution in [0.2, 0.25) is 0 Å². The number of rotatable bonds is 4. The van der Waals surface area contributed by atoms with Gasteiger partial charge in [-0.1, -0.05) is 30.3 Å². The molecule has 1 saturated heterocycles. The molecule has 1 saturated carbocycles. The van der Waals surface area contributed by atoms with Crippen LogP contribution in [0.4, 0.5) is 0 Å². The Kier molecular flexibility index (Phi) is 4.71. The fraction of sp³-hybridized carbons (Fsp3) is 0.650. The summed E-state index contributed by atoms with van der Waals surface area (Å²) in [5, 5.41) is 20.2. The van der Waals surface area contributed by atoms with Crippen molar-refractivity contribution in [1.82, 2.24) is 4.90 Å². The summed E-state index contributed by atoms with van der Waals surface area (Å²) in [4.78, 5) is 14.3. The molecule has 0 amide bonds. The van der Waals surface area contributed by atoms with Crippen LogP contribution in [0.15, 0.2) is 30.3 Å². The normalized spacial score (nSPS) is 29.7. The van der Waals surface area contributed by atoms with E-state index in [9.17, 15) is 15.0 Å². The number of benzene rings is 1. The molecule has 132 valence electrons. The third-order valence-electron chi connectivity index (χ3n) is 6.39. The molecular formula is C20H29NO3. The number of piperidine rings is 1. The molecule has 0 radical (unpaired) electrons. The number of carbonyl (C=O) groups is 1. The first kappa shape index (κ1) is 17.4. The van der Waals surface area contributed by atoms with Gasteiger partial charge >= 0.3 is 5.97 Å². The van der Waals surface area contributed by atoms with E-state index < -0.39 is 17.0 Å². The molecule has 4 nitrogen and oxygen atoms in total. The van der Waals surface area contributed by atoms with Gasteiger partial charge in [0, 0.05) is 6.04 Å². The highest BCUT2D eigenvalue weighted by atomic mass is 16.4. The standard InChI is InChI=1S/C20H29NO3/c1-19(2,24)20(18(22)23)11-8-17(14-20)21-12-9-16(10-13-21)15-6-4-3-5-7-15/h3-7,16-17,24H,8-14H2,1-2H3,(H,22,23)/t17?,20-/m1/s1. The van der Waals surface area contributed by atoms with Gasteiger partial charge in [0.2, 0.25) is 0 Å². The summed E-state index contributed by atoms with van der Waals surface area (Å²) >= 11 is 0. The molecule has 3 rings (SSSR count). The Morgan fingerprint density at radius 1 is 1.17 bits per heavy atom. The second-order valence-electron chi connectivity index (χ2n) is 8.06. The van der Waals surface area contributed by atoms with E-state index in [-0.39, 0.29) is 6.04 Å². The van der Waals surface area contributed by atoms with E-state index in [2.05, 4.69) is 35.2 Å². The van der Waals surface area contributed by atoms with Crippen LogP contribution in [0.25, 0.3) is 0 Å². The predicted octanol–water partition coefficient (Wildman–Crippen LogP) is 3.26. The van der Waals surface area contributed by atoms with Gasteiger partial charge in [0.05, 0.1) is 11.0 Å². The van der Waals surface area contributed by atoms with Crippen LogP contribution < -0.4 is 0 Å². The Balaban J connectivity index is 1.63. The molecule has 4 heteroatoms. The third-order valence-corrected chi connectivity index (χ3v) is 6.39. The quantitative estimate of drug-likeness (QED) is 0.889. The molecule has 0 bridgehead atoms. The van der Waals surface area contributed by atoms with Gasteiger partial charge in [-0.25, -0.2) is 0 Å². The van der Waals surface area contributed by atoms with Crippen molar-refractivity contribution in [2.45, 2.75) is 63.5 Å². The van der Waals surface area contributed by atoms with Crippen molar-refractivity contribution < 1.29 is 15.0 Å². The Labute approximate surface area is 144 Å². The summed E-state index contributed by atoms with van der Waals surface area (Å²) in [6, 6.07) is 11.0. The van der Waals surface area contributed by atoms with Crippen molar-refractivity contribution >= 4 is 5.97 Å². The Hall–Kier alpha value is -1.39. The molecule has 24 heavy (non-hydrogen) atoms. The van der Waals surface area contributed by atoms with Crippen molar-refractivity contribution in [2.75, 3.05) is 13.1 Å². The first-order valence-corrected chi connectivity index (χ1v) is 9.08. The number of carboxylic acids is 1. The minimum absolute atomic E-state index is 0.282. The van der Waals surface area contributed by atoms with Crippen molar-refractivity contribution in [3.63, 3.8) is 0 Å². The first-order valence-electron chi connectivity index (χ1n) is 9.08.